The number of para-hydroxylation sites is 1. The van der Waals surface area contributed by atoms with E-state index >= 15 is 0 Å². The Morgan fingerprint density at radius 1 is 1.40 bits per heavy atom. The zero-order valence-corrected chi connectivity index (χ0v) is 8.85. The molecule has 1 aromatic rings. The summed E-state index contributed by atoms with van der Waals surface area (Å²) >= 11 is 0. The summed E-state index contributed by atoms with van der Waals surface area (Å²) in [6.45, 7) is 0.934. The van der Waals surface area contributed by atoms with E-state index in [2.05, 4.69) is 4.90 Å². The number of carbonyl (C=O) groups excluding carboxylic acids is 1. The molecule has 1 atom stereocenters. The molecule has 2 rings (SSSR count). The Bertz CT molecular complexity index is 337. The van der Waals surface area contributed by atoms with Crippen molar-refractivity contribution in [2.75, 3.05) is 18.6 Å². The van der Waals surface area contributed by atoms with Crippen LogP contribution in [0.3, 0.4) is 0 Å². The van der Waals surface area contributed by atoms with Gasteiger partial charge >= 0.3 is 5.97 Å². The van der Waals surface area contributed by atoms with Gasteiger partial charge in [0.1, 0.15) is 6.04 Å². The summed E-state index contributed by atoms with van der Waals surface area (Å²) in [5, 5.41) is 0. The van der Waals surface area contributed by atoms with Crippen LogP contribution in [-0.2, 0) is 9.53 Å². The van der Waals surface area contributed by atoms with Crippen LogP contribution in [0, 0.1) is 0 Å². The van der Waals surface area contributed by atoms with Gasteiger partial charge in [0.25, 0.3) is 0 Å². The minimum absolute atomic E-state index is 0.0996. The molecule has 1 aliphatic rings. The maximum Gasteiger partial charge on any atom is 0.328 e. The Morgan fingerprint density at radius 3 is 2.80 bits per heavy atom. The average Bonchev–Trinajstić information content (AvgIpc) is 2.78. The zero-order chi connectivity index (χ0) is 10.7. The lowest BCUT2D eigenvalue weighted by Gasteiger charge is -2.24. The fraction of sp³-hybridized carbons (Fsp3) is 0.417. The first-order chi connectivity index (χ1) is 7.33. The number of hydrogen-bond acceptors (Lipinski definition) is 3. The predicted octanol–water partition coefficient (Wildman–Crippen LogP) is 1.83. The van der Waals surface area contributed by atoms with Crippen molar-refractivity contribution in [1.82, 2.24) is 0 Å². The summed E-state index contributed by atoms with van der Waals surface area (Å²) in [4.78, 5) is 13.7. The second kappa shape index (κ2) is 4.34. The van der Waals surface area contributed by atoms with Gasteiger partial charge in [-0.25, -0.2) is 4.79 Å². The number of benzene rings is 1. The van der Waals surface area contributed by atoms with Crippen molar-refractivity contribution in [3.63, 3.8) is 0 Å². The van der Waals surface area contributed by atoms with Gasteiger partial charge in [-0.1, -0.05) is 18.2 Å². The summed E-state index contributed by atoms with van der Waals surface area (Å²) in [6.07, 6.45) is 1.94. The van der Waals surface area contributed by atoms with E-state index in [9.17, 15) is 4.79 Å². The van der Waals surface area contributed by atoms with E-state index in [0.29, 0.717) is 0 Å². The third-order valence-electron chi connectivity index (χ3n) is 2.81. The molecule has 1 heterocycles. The Morgan fingerprint density at radius 2 is 2.13 bits per heavy atom. The first-order valence-corrected chi connectivity index (χ1v) is 5.22. The largest absolute Gasteiger partial charge is 0.467 e. The summed E-state index contributed by atoms with van der Waals surface area (Å²) in [7, 11) is 1.45. The smallest absolute Gasteiger partial charge is 0.328 e. The second-order valence-electron chi connectivity index (χ2n) is 3.71. The zero-order valence-electron chi connectivity index (χ0n) is 8.85. The van der Waals surface area contributed by atoms with Crippen LogP contribution in [0.5, 0.6) is 0 Å². The molecule has 1 aliphatic heterocycles. The molecule has 1 fully saturated rings. The third kappa shape index (κ3) is 1.96. The average molecular weight is 205 g/mol. The molecule has 0 aromatic heterocycles. The maximum absolute atomic E-state index is 11.5. The highest BCUT2D eigenvalue weighted by Crippen LogP contribution is 2.25. The van der Waals surface area contributed by atoms with Crippen LogP contribution in [0.4, 0.5) is 5.69 Å². The highest BCUT2D eigenvalue weighted by atomic mass is 16.5. The number of methoxy groups -OCH3 is 1. The van der Waals surface area contributed by atoms with Gasteiger partial charge in [0.2, 0.25) is 0 Å². The van der Waals surface area contributed by atoms with Crippen molar-refractivity contribution in [2.45, 2.75) is 18.9 Å². The maximum atomic E-state index is 11.5. The van der Waals surface area contributed by atoms with E-state index in [1.807, 2.05) is 30.3 Å². The molecule has 15 heavy (non-hydrogen) atoms. The molecular weight excluding hydrogens is 190 g/mol. The van der Waals surface area contributed by atoms with E-state index < -0.39 is 0 Å². The van der Waals surface area contributed by atoms with E-state index in [-0.39, 0.29) is 12.0 Å². The molecule has 0 bridgehead atoms. The molecule has 0 unspecified atom stereocenters. The lowest BCUT2D eigenvalue weighted by Crippen LogP contribution is -2.36. The topological polar surface area (TPSA) is 29.5 Å². The van der Waals surface area contributed by atoms with Crippen molar-refractivity contribution < 1.29 is 9.53 Å². The SMILES string of the molecule is COC(=O)[C@H]1CCCN1c1ccccc1. The van der Waals surface area contributed by atoms with Gasteiger partial charge in [0, 0.05) is 12.2 Å². The second-order valence-corrected chi connectivity index (χ2v) is 3.71. The van der Waals surface area contributed by atoms with Crippen LogP contribution >= 0.6 is 0 Å². The molecule has 0 amide bonds. The van der Waals surface area contributed by atoms with Crippen molar-refractivity contribution in [1.29, 1.82) is 0 Å². The van der Waals surface area contributed by atoms with Gasteiger partial charge in [0.15, 0.2) is 0 Å². The van der Waals surface area contributed by atoms with Crippen LogP contribution in [0.1, 0.15) is 12.8 Å². The molecule has 3 nitrogen and oxygen atoms in total. The number of ether oxygens (including phenoxy) is 1. The van der Waals surface area contributed by atoms with Crippen LogP contribution in [0.25, 0.3) is 0 Å². The summed E-state index contributed by atoms with van der Waals surface area (Å²) in [6, 6.07) is 9.91. The van der Waals surface area contributed by atoms with Crippen LogP contribution < -0.4 is 4.90 Å². The standard InChI is InChI=1S/C12H15NO2/c1-15-12(14)11-8-5-9-13(11)10-6-3-2-4-7-10/h2-4,6-7,11H,5,8-9H2,1H3/t11-/m1/s1. The minimum atomic E-state index is -0.128. The summed E-state index contributed by atoms with van der Waals surface area (Å²) in [5.74, 6) is -0.128. The Balaban J connectivity index is 2.18. The van der Waals surface area contributed by atoms with E-state index in [0.717, 1.165) is 25.1 Å². The molecular formula is C12H15NO2. The number of rotatable bonds is 2. The quantitative estimate of drug-likeness (QED) is 0.690. The van der Waals surface area contributed by atoms with E-state index in [4.69, 9.17) is 4.74 Å². The van der Waals surface area contributed by atoms with Gasteiger partial charge in [-0.05, 0) is 25.0 Å². The monoisotopic (exact) mass is 205 g/mol. The van der Waals surface area contributed by atoms with E-state index in [1.165, 1.54) is 7.11 Å². The van der Waals surface area contributed by atoms with Crippen LogP contribution in [0.2, 0.25) is 0 Å². The van der Waals surface area contributed by atoms with E-state index in [1.54, 1.807) is 0 Å². The molecule has 0 aliphatic carbocycles. The first kappa shape index (κ1) is 10.0. The molecule has 0 N–H and O–H groups in total. The predicted molar refractivity (Wildman–Crippen MR) is 58.8 cm³/mol. The summed E-state index contributed by atoms with van der Waals surface area (Å²) < 4.78 is 4.81. The van der Waals surface area contributed by atoms with Crippen molar-refractivity contribution in [2.24, 2.45) is 0 Å². The molecule has 0 spiro atoms. The van der Waals surface area contributed by atoms with Gasteiger partial charge < -0.3 is 9.64 Å². The normalized spacial score (nSPS) is 20.3. The highest BCUT2D eigenvalue weighted by molar-refractivity contribution is 5.80. The highest BCUT2D eigenvalue weighted by Gasteiger charge is 2.31. The molecule has 0 radical (unpaired) electrons. The molecule has 1 saturated heterocycles. The van der Waals surface area contributed by atoms with Crippen LogP contribution in [0.15, 0.2) is 30.3 Å². The fourth-order valence-corrected chi connectivity index (χ4v) is 2.08. The Hall–Kier alpha value is -1.51. The number of anilines is 1. The number of esters is 1. The number of carbonyl (C=O) groups is 1. The molecule has 0 saturated carbocycles. The van der Waals surface area contributed by atoms with Crippen molar-refractivity contribution in [3.05, 3.63) is 30.3 Å². The lowest BCUT2D eigenvalue weighted by molar-refractivity contribution is -0.141. The Labute approximate surface area is 89.7 Å². The van der Waals surface area contributed by atoms with Gasteiger partial charge in [-0.3, -0.25) is 0 Å². The van der Waals surface area contributed by atoms with Crippen molar-refractivity contribution >= 4 is 11.7 Å². The molecule has 3 heteroatoms. The van der Waals surface area contributed by atoms with Gasteiger partial charge in [-0.2, -0.15) is 0 Å². The molecule has 80 valence electrons. The Kier molecular flexibility index (Phi) is 2.90. The van der Waals surface area contributed by atoms with Crippen molar-refractivity contribution in [3.8, 4) is 0 Å². The van der Waals surface area contributed by atoms with Gasteiger partial charge in [-0.15, -0.1) is 0 Å². The molecule has 1 aromatic carbocycles. The summed E-state index contributed by atoms with van der Waals surface area (Å²) in [5.41, 5.74) is 1.10. The third-order valence-corrected chi connectivity index (χ3v) is 2.81. The van der Waals surface area contributed by atoms with Gasteiger partial charge in [0.05, 0.1) is 7.11 Å². The fourth-order valence-electron chi connectivity index (χ4n) is 2.08. The number of hydrogen-bond donors (Lipinski definition) is 0. The number of nitrogens with zero attached hydrogens (tertiary/aromatic N) is 1. The minimum Gasteiger partial charge on any atom is -0.467 e. The first-order valence-electron chi connectivity index (χ1n) is 5.22. The lowest BCUT2D eigenvalue weighted by atomic mass is 10.2. The van der Waals surface area contributed by atoms with Crippen LogP contribution in [-0.4, -0.2) is 25.7 Å².